The third-order valence-corrected chi connectivity index (χ3v) is 4.65. The number of carbonyl (C=O) groups excluding carboxylic acids is 3. The maximum atomic E-state index is 12.6. The van der Waals surface area contributed by atoms with E-state index in [1.165, 1.54) is 11.0 Å². The lowest BCUT2D eigenvalue weighted by Crippen LogP contribution is -2.36. The van der Waals surface area contributed by atoms with Crippen molar-refractivity contribution in [3.8, 4) is 5.75 Å². The van der Waals surface area contributed by atoms with Gasteiger partial charge >= 0.3 is 11.9 Å². The second-order valence-corrected chi connectivity index (χ2v) is 7.19. The second-order valence-electron chi connectivity index (χ2n) is 7.19. The number of hydrogen-bond donors (Lipinski definition) is 2. The molecule has 0 spiro atoms. The molecule has 34 heavy (non-hydrogen) atoms. The number of nitrogens with one attached hydrogen (secondary N) is 1. The average Bonchev–Trinajstić information content (AvgIpc) is 2.82. The number of amides is 1. The van der Waals surface area contributed by atoms with E-state index in [4.69, 9.17) is 25.4 Å². The standard InChI is InChI=1S/C25H29N3O6/c1-3-33-23(30)17-28(15-4-16-32-2)22(29)14-7-18-5-8-20(9-6-18)25(31)34-21-12-10-19(11-13-21)24(26)27/h5-14H,3-4,15-17H2,1-2H3,(H3,26,27). The van der Waals surface area contributed by atoms with Crippen LogP contribution in [0, 0.1) is 5.41 Å². The van der Waals surface area contributed by atoms with Crippen LogP contribution in [-0.4, -0.2) is 62.0 Å². The van der Waals surface area contributed by atoms with Crippen LogP contribution in [0.2, 0.25) is 0 Å². The van der Waals surface area contributed by atoms with E-state index >= 15 is 0 Å². The van der Waals surface area contributed by atoms with Crippen molar-refractivity contribution < 1.29 is 28.6 Å². The summed E-state index contributed by atoms with van der Waals surface area (Å²) in [5, 5.41) is 7.39. The Balaban J connectivity index is 1.99. The van der Waals surface area contributed by atoms with E-state index in [2.05, 4.69) is 0 Å². The van der Waals surface area contributed by atoms with Gasteiger partial charge in [-0.1, -0.05) is 12.1 Å². The van der Waals surface area contributed by atoms with Gasteiger partial charge < -0.3 is 24.8 Å². The van der Waals surface area contributed by atoms with Crippen LogP contribution in [0.15, 0.2) is 54.6 Å². The van der Waals surface area contributed by atoms with Gasteiger partial charge in [-0.25, -0.2) is 4.79 Å². The van der Waals surface area contributed by atoms with Gasteiger partial charge in [0.2, 0.25) is 5.91 Å². The Kier molecular flexibility index (Phi) is 10.5. The fraction of sp³-hybridized carbons (Fsp3) is 0.280. The van der Waals surface area contributed by atoms with Crippen molar-refractivity contribution in [1.29, 1.82) is 5.41 Å². The van der Waals surface area contributed by atoms with Crippen molar-refractivity contribution in [3.05, 3.63) is 71.3 Å². The number of methoxy groups -OCH3 is 1. The number of rotatable bonds is 12. The third kappa shape index (κ3) is 8.51. The van der Waals surface area contributed by atoms with Crippen molar-refractivity contribution in [2.24, 2.45) is 5.73 Å². The zero-order valence-electron chi connectivity index (χ0n) is 19.3. The molecular weight excluding hydrogens is 438 g/mol. The highest BCUT2D eigenvalue weighted by atomic mass is 16.5. The van der Waals surface area contributed by atoms with Gasteiger partial charge in [0.1, 0.15) is 18.1 Å². The third-order valence-electron chi connectivity index (χ3n) is 4.65. The van der Waals surface area contributed by atoms with Gasteiger partial charge in [-0.05, 0) is 61.4 Å². The molecule has 2 rings (SSSR count). The van der Waals surface area contributed by atoms with Gasteiger partial charge in [0, 0.05) is 31.9 Å². The lowest BCUT2D eigenvalue weighted by Gasteiger charge is -2.20. The van der Waals surface area contributed by atoms with Crippen LogP contribution in [0.3, 0.4) is 0 Å². The molecule has 0 heterocycles. The number of nitrogens with two attached hydrogens (primary N) is 1. The van der Waals surface area contributed by atoms with Crippen LogP contribution in [0.1, 0.15) is 34.8 Å². The second kappa shape index (κ2) is 13.5. The Hall–Kier alpha value is -3.98. The summed E-state index contributed by atoms with van der Waals surface area (Å²) in [6, 6.07) is 12.8. The van der Waals surface area contributed by atoms with E-state index in [1.54, 1.807) is 68.6 Å². The summed E-state index contributed by atoms with van der Waals surface area (Å²) in [4.78, 5) is 38.2. The van der Waals surface area contributed by atoms with E-state index in [0.717, 1.165) is 0 Å². The number of carbonyl (C=O) groups is 3. The summed E-state index contributed by atoms with van der Waals surface area (Å²) in [6.45, 7) is 2.63. The minimum Gasteiger partial charge on any atom is -0.465 e. The highest BCUT2D eigenvalue weighted by Gasteiger charge is 2.15. The molecule has 0 atom stereocenters. The molecule has 0 aliphatic heterocycles. The van der Waals surface area contributed by atoms with E-state index in [-0.39, 0.29) is 24.9 Å². The van der Waals surface area contributed by atoms with Crippen molar-refractivity contribution >= 4 is 29.8 Å². The van der Waals surface area contributed by atoms with Crippen molar-refractivity contribution in [2.75, 3.05) is 33.4 Å². The first-order valence-electron chi connectivity index (χ1n) is 10.7. The van der Waals surface area contributed by atoms with Crippen LogP contribution >= 0.6 is 0 Å². The first-order valence-corrected chi connectivity index (χ1v) is 10.7. The number of hydrogen-bond acceptors (Lipinski definition) is 7. The summed E-state index contributed by atoms with van der Waals surface area (Å²) >= 11 is 0. The predicted octanol–water partition coefficient (Wildman–Crippen LogP) is 2.63. The van der Waals surface area contributed by atoms with Gasteiger partial charge in [-0.15, -0.1) is 0 Å². The van der Waals surface area contributed by atoms with Crippen molar-refractivity contribution in [1.82, 2.24) is 4.90 Å². The summed E-state index contributed by atoms with van der Waals surface area (Å²) < 4.78 is 15.3. The monoisotopic (exact) mass is 467 g/mol. The fourth-order valence-electron chi connectivity index (χ4n) is 2.90. The molecular formula is C25H29N3O6. The largest absolute Gasteiger partial charge is 0.465 e. The Morgan fingerprint density at radius 3 is 2.26 bits per heavy atom. The summed E-state index contributed by atoms with van der Waals surface area (Å²) in [7, 11) is 1.57. The van der Waals surface area contributed by atoms with Gasteiger partial charge in [-0.3, -0.25) is 15.0 Å². The van der Waals surface area contributed by atoms with E-state index < -0.39 is 11.9 Å². The molecule has 0 aliphatic rings. The molecule has 0 saturated carbocycles. The maximum absolute atomic E-state index is 12.6. The summed E-state index contributed by atoms with van der Waals surface area (Å²) in [5.41, 5.74) is 6.98. The van der Waals surface area contributed by atoms with Crippen LogP contribution in [0.4, 0.5) is 0 Å². The number of amidine groups is 1. The lowest BCUT2D eigenvalue weighted by atomic mass is 10.1. The number of nitrogens with zero attached hydrogens (tertiary/aromatic N) is 1. The molecule has 0 bridgehead atoms. The Labute approximate surface area is 198 Å². The zero-order valence-corrected chi connectivity index (χ0v) is 19.3. The highest BCUT2D eigenvalue weighted by molar-refractivity contribution is 5.96. The van der Waals surface area contributed by atoms with Crippen LogP contribution in [0.5, 0.6) is 5.75 Å². The Morgan fingerprint density at radius 2 is 1.68 bits per heavy atom. The molecule has 1 amide bonds. The van der Waals surface area contributed by atoms with Crippen LogP contribution < -0.4 is 10.5 Å². The molecule has 0 saturated heterocycles. The number of esters is 2. The van der Waals surface area contributed by atoms with Gasteiger partial charge in [0.25, 0.3) is 0 Å². The minimum atomic E-state index is -0.541. The maximum Gasteiger partial charge on any atom is 0.343 e. The number of nitrogen functional groups attached to an aromatic ring is 1. The molecule has 0 aliphatic carbocycles. The normalized spacial score (nSPS) is 10.6. The highest BCUT2D eigenvalue weighted by Crippen LogP contribution is 2.15. The summed E-state index contributed by atoms with van der Waals surface area (Å²) in [6.07, 6.45) is 3.56. The van der Waals surface area contributed by atoms with Crippen LogP contribution in [-0.2, 0) is 19.1 Å². The molecule has 180 valence electrons. The molecule has 0 fully saturated rings. The van der Waals surface area contributed by atoms with Gasteiger partial charge in [-0.2, -0.15) is 0 Å². The lowest BCUT2D eigenvalue weighted by molar-refractivity contribution is -0.147. The first kappa shape index (κ1) is 26.3. The van der Waals surface area contributed by atoms with Gasteiger partial charge in [0.05, 0.1) is 12.2 Å². The van der Waals surface area contributed by atoms with E-state index in [0.29, 0.717) is 42.0 Å². The Morgan fingerprint density at radius 1 is 1.03 bits per heavy atom. The molecule has 0 aromatic heterocycles. The molecule has 9 nitrogen and oxygen atoms in total. The smallest absolute Gasteiger partial charge is 0.343 e. The zero-order chi connectivity index (χ0) is 24.9. The SMILES string of the molecule is CCOC(=O)CN(CCCOC)C(=O)C=Cc1ccc(C(=O)Oc2ccc(C(=N)N)cc2)cc1. The number of benzene rings is 2. The predicted molar refractivity (Wildman–Crippen MR) is 128 cm³/mol. The fourth-order valence-corrected chi connectivity index (χ4v) is 2.90. The number of ether oxygens (including phenoxy) is 3. The van der Waals surface area contributed by atoms with E-state index in [1.807, 2.05) is 0 Å². The van der Waals surface area contributed by atoms with Crippen LogP contribution in [0.25, 0.3) is 6.08 Å². The van der Waals surface area contributed by atoms with Crippen molar-refractivity contribution in [3.63, 3.8) is 0 Å². The topological polar surface area (TPSA) is 132 Å². The Bertz CT molecular complexity index is 1020. The van der Waals surface area contributed by atoms with Gasteiger partial charge in [0.15, 0.2) is 0 Å². The first-order chi connectivity index (χ1) is 16.3. The van der Waals surface area contributed by atoms with E-state index in [9.17, 15) is 14.4 Å². The molecule has 9 heteroatoms. The molecule has 3 N–H and O–H groups in total. The summed E-state index contributed by atoms with van der Waals surface area (Å²) in [5.74, 6) is -1.08. The quantitative estimate of drug-likeness (QED) is 0.122. The molecule has 2 aromatic rings. The minimum absolute atomic E-state index is 0.0704. The van der Waals surface area contributed by atoms with Crippen molar-refractivity contribution in [2.45, 2.75) is 13.3 Å². The molecule has 0 unspecified atom stereocenters. The molecule has 0 radical (unpaired) electrons. The average molecular weight is 468 g/mol. The molecule has 2 aromatic carbocycles.